The third-order valence-corrected chi connectivity index (χ3v) is 4.84. The highest BCUT2D eigenvalue weighted by Gasteiger charge is 2.18. The lowest BCUT2D eigenvalue weighted by Crippen LogP contribution is -2.19. The summed E-state index contributed by atoms with van der Waals surface area (Å²) < 4.78 is 7.68. The highest BCUT2D eigenvalue weighted by molar-refractivity contribution is 5.96. The van der Waals surface area contributed by atoms with Crippen LogP contribution in [0.5, 0.6) is 0 Å². The number of anilines is 1. The Labute approximate surface area is 173 Å². The van der Waals surface area contributed by atoms with E-state index in [1.165, 1.54) is 6.92 Å². The van der Waals surface area contributed by atoms with E-state index < -0.39 is 0 Å². The van der Waals surface area contributed by atoms with Crippen LogP contribution in [0.15, 0.2) is 59.0 Å². The van der Waals surface area contributed by atoms with Crippen LogP contribution in [0.2, 0.25) is 0 Å². The van der Waals surface area contributed by atoms with Crippen LogP contribution in [0.25, 0.3) is 22.5 Å². The number of carbonyl (C=O) groups excluding carboxylic acids is 2. The molecular formula is C23H22N4O3. The molecular weight excluding hydrogens is 380 g/mol. The van der Waals surface area contributed by atoms with Crippen molar-refractivity contribution in [3.8, 4) is 11.6 Å². The number of para-hydroxylation sites is 1. The lowest BCUT2D eigenvalue weighted by molar-refractivity contribution is -0.116. The minimum atomic E-state index is -0.193. The largest absolute Gasteiger partial charge is 0.419 e. The van der Waals surface area contributed by atoms with E-state index in [0.717, 1.165) is 17.3 Å². The summed E-state index contributed by atoms with van der Waals surface area (Å²) in [5, 5.41) is 12.1. The lowest BCUT2D eigenvalue weighted by atomic mass is 10.1. The van der Waals surface area contributed by atoms with Crippen LogP contribution in [0.3, 0.4) is 0 Å². The minimum Gasteiger partial charge on any atom is -0.419 e. The maximum Gasteiger partial charge on any atom is 0.264 e. The number of aromatic nitrogens is 3. The fraction of sp³-hybridized carbons (Fsp3) is 0.217. The third-order valence-electron chi connectivity index (χ3n) is 4.84. The van der Waals surface area contributed by atoms with Crippen LogP contribution in [0.1, 0.15) is 36.5 Å². The highest BCUT2D eigenvalue weighted by Crippen LogP contribution is 2.28. The SMILES string of the molecule is CCCc1nnc(-c2cc3ccccc3n2CC(=O)Nc2ccc(C(C)=O)cc2)o1. The monoisotopic (exact) mass is 402 g/mol. The minimum absolute atomic E-state index is 0.0154. The number of hydrogen-bond donors (Lipinski definition) is 1. The highest BCUT2D eigenvalue weighted by atomic mass is 16.4. The van der Waals surface area contributed by atoms with Gasteiger partial charge >= 0.3 is 0 Å². The molecule has 4 aromatic rings. The summed E-state index contributed by atoms with van der Waals surface area (Å²) in [5.74, 6) is 0.771. The molecule has 0 fully saturated rings. The Bertz CT molecular complexity index is 1200. The number of hydrogen-bond acceptors (Lipinski definition) is 5. The fourth-order valence-electron chi connectivity index (χ4n) is 3.36. The predicted octanol–water partition coefficient (Wildman–Crippen LogP) is 4.49. The molecule has 152 valence electrons. The summed E-state index contributed by atoms with van der Waals surface area (Å²) in [6, 6.07) is 16.6. The van der Waals surface area contributed by atoms with Crippen LogP contribution >= 0.6 is 0 Å². The van der Waals surface area contributed by atoms with E-state index in [1.54, 1.807) is 24.3 Å². The van der Waals surface area contributed by atoms with Crippen molar-refractivity contribution >= 4 is 28.3 Å². The third kappa shape index (κ3) is 4.00. The van der Waals surface area contributed by atoms with Crippen molar-refractivity contribution in [1.29, 1.82) is 0 Å². The Kier molecular flexibility index (Phi) is 5.43. The Hall–Kier alpha value is -3.74. The molecule has 2 aromatic heterocycles. The second-order valence-electron chi connectivity index (χ2n) is 7.11. The van der Waals surface area contributed by atoms with Crippen LogP contribution in [-0.2, 0) is 17.8 Å². The molecule has 30 heavy (non-hydrogen) atoms. The molecule has 0 saturated heterocycles. The topological polar surface area (TPSA) is 90.0 Å². The number of benzene rings is 2. The number of nitrogens with zero attached hydrogens (tertiary/aromatic N) is 3. The summed E-state index contributed by atoms with van der Waals surface area (Å²) in [5.41, 5.74) is 2.84. The number of ketones is 1. The Morgan fingerprint density at radius 2 is 1.83 bits per heavy atom. The van der Waals surface area contributed by atoms with Crippen molar-refractivity contribution in [2.24, 2.45) is 0 Å². The van der Waals surface area contributed by atoms with Gasteiger partial charge in [-0.15, -0.1) is 10.2 Å². The molecule has 0 saturated carbocycles. The van der Waals surface area contributed by atoms with E-state index in [1.807, 2.05) is 41.8 Å². The average molecular weight is 402 g/mol. The first kappa shape index (κ1) is 19.6. The second-order valence-corrected chi connectivity index (χ2v) is 7.11. The van der Waals surface area contributed by atoms with Crippen LogP contribution in [0.4, 0.5) is 5.69 Å². The smallest absolute Gasteiger partial charge is 0.264 e. The fourth-order valence-corrected chi connectivity index (χ4v) is 3.36. The molecule has 0 aliphatic heterocycles. The van der Waals surface area contributed by atoms with Gasteiger partial charge in [-0.25, -0.2) is 0 Å². The van der Waals surface area contributed by atoms with Gasteiger partial charge in [-0.1, -0.05) is 25.1 Å². The quantitative estimate of drug-likeness (QED) is 0.460. The van der Waals surface area contributed by atoms with Crippen LogP contribution < -0.4 is 5.32 Å². The van der Waals surface area contributed by atoms with Gasteiger partial charge in [-0.2, -0.15) is 0 Å². The number of amides is 1. The Morgan fingerprint density at radius 1 is 1.07 bits per heavy atom. The molecule has 2 aromatic carbocycles. The summed E-state index contributed by atoms with van der Waals surface area (Å²) in [4.78, 5) is 24.2. The van der Waals surface area contributed by atoms with E-state index >= 15 is 0 Å². The van der Waals surface area contributed by atoms with E-state index in [2.05, 4.69) is 15.5 Å². The van der Waals surface area contributed by atoms with Crippen molar-refractivity contribution in [3.63, 3.8) is 0 Å². The van der Waals surface area contributed by atoms with E-state index in [-0.39, 0.29) is 18.2 Å². The molecule has 0 unspecified atom stereocenters. The second kappa shape index (κ2) is 8.32. The predicted molar refractivity (Wildman–Crippen MR) is 114 cm³/mol. The van der Waals surface area contributed by atoms with Gasteiger partial charge in [0.1, 0.15) is 12.2 Å². The van der Waals surface area contributed by atoms with Gasteiger partial charge in [0.25, 0.3) is 5.89 Å². The summed E-state index contributed by atoms with van der Waals surface area (Å²) >= 11 is 0. The zero-order chi connectivity index (χ0) is 21.1. The molecule has 7 nitrogen and oxygen atoms in total. The van der Waals surface area contributed by atoms with Crippen molar-refractivity contribution in [2.45, 2.75) is 33.2 Å². The summed E-state index contributed by atoms with van der Waals surface area (Å²) in [6.45, 7) is 3.65. The molecule has 1 amide bonds. The first-order valence-electron chi connectivity index (χ1n) is 9.87. The molecule has 2 heterocycles. The number of aryl methyl sites for hydroxylation is 1. The number of nitrogens with one attached hydrogen (secondary N) is 1. The first-order valence-corrected chi connectivity index (χ1v) is 9.87. The number of rotatable bonds is 7. The van der Waals surface area contributed by atoms with Crippen LogP contribution in [0, 0.1) is 0 Å². The maximum atomic E-state index is 12.8. The van der Waals surface area contributed by atoms with E-state index in [4.69, 9.17) is 4.42 Å². The van der Waals surface area contributed by atoms with Gasteiger partial charge in [0, 0.05) is 28.6 Å². The molecule has 4 rings (SSSR count). The molecule has 0 aliphatic rings. The van der Waals surface area contributed by atoms with Crippen molar-refractivity contribution in [2.75, 3.05) is 5.32 Å². The van der Waals surface area contributed by atoms with Crippen molar-refractivity contribution in [3.05, 3.63) is 66.1 Å². The molecule has 1 N–H and O–H groups in total. The Morgan fingerprint density at radius 3 is 2.57 bits per heavy atom. The van der Waals surface area contributed by atoms with E-state index in [9.17, 15) is 9.59 Å². The van der Waals surface area contributed by atoms with Crippen molar-refractivity contribution in [1.82, 2.24) is 14.8 Å². The zero-order valence-electron chi connectivity index (χ0n) is 16.9. The van der Waals surface area contributed by atoms with Crippen molar-refractivity contribution < 1.29 is 14.0 Å². The van der Waals surface area contributed by atoms with E-state index in [0.29, 0.717) is 35.1 Å². The van der Waals surface area contributed by atoms with Gasteiger partial charge in [-0.05, 0) is 49.7 Å². The number of Topliss-reactive ketones (excluding diaryl/α,β-unsaturated/α-hetero) is 1. The zero-order valence-corrected chi connectivity index (χ0v) is 16.9. The van der Waals surface area contributed by atoms with Gasteiger partial charge < -0.3 is 14.3 Å². The Balaban J connectivity index is 1.62. The molecule has 0 bridgehead atoms. The molecule has 0 spiro atoms. The first-order chi connectivity index (χ1) is 14.5. The molecule has 0 radical (unpaired) electrons. The van der Waals surface area contributed by atoms with Gasteiger partial charge in [0.15, 0.2) is 5.78 Å². The average Bonchev–Trinajstić information content (AvgIpc) is 3.33. The van der Waals surface area contributed by atoms with Gasteiger partial charge in [0.05, 0.1) is 0 Å². The van der Waals surface area contributed by atoms with Gasteiger partial charge in [-0.3, -0.25) is 9.59 Å². The standard InChI is InChI=1S/C23H22N4O3/c1-3-6-22-25-26-23(30-22)20-13-17-7-4-5-8-19(17)27(20)14-21(29)24-18-11-9-16(10-12-18)15(2)28/h4-5,7-13H,3,6,14H2,1-2H3,(H,24,29). The lowest BCUT2D eigenvalue weighted by Gasteiger charge is -2.10. The summed E-state index contributed by atoms with van der Waals surface area (Å²) in [7, 11) is 0. The molecule has 0 aliphatic carbocycles. The molecule has 7 heteroatoms. The normalized spacial score (nSPS) is 11.0. The molecule has 0 atom stereocenters. The number of fused-ring (bicyclic) bond motifs is 1. The van der Waals surface area contributed by atoms with Gasteiger partial charge in [0.2, 0.25) is 11.8 Å². The summed E-state index contributed by atoms with van der Waals surface area (Å²) in [6.07, 6.45) is 1.62. The number of carbonyl (C=O) groups is 2. The maximum absolute atomic E-state index is 12.8. The van der Waals surface area contributed by atoms with Crippen LogP contribution in [-0.4, -0.2) is 26.5 Å².